The first kappa shape index (κ1) is 45.1. The molecule has 4 aliphatic rings. The Balaban J connectivity index is 0.000000286. The van der Waals surface area contributed by atoms with Crippen LogP contribution >= 0.6 is 0 Å². The van der Waals surface area contributed by atoms with Crippen LogP contribution in [0.4, 0.5) is 26.3 Å². The second-order valence-electron chi connectivity index (χ2n) is 13.0. The molecule has 5 rings (SSSR count). The summed E-state index contributed by atoms with van der Waals surface area (Å²) in [5, 5.41) is -10.2. The van der Waals surface area contributed by atoms with Gasteiger partial charge < -0.3 is 18.6 Å². The van der Waals surface area contributed by atoms with E-state index < -0.39 is 68.2 Å². The van der Waals surface area contributed by atoms with Gasteiger partial charge in [-0.05, 0) is 98.8 Å². The van der Waals surface area contributed by atoms with E-state index in [2.05, 4.69) is 22.1 Å². The van der Waals surface area contributed by atoms with Crippen LogP contribution in [0, 0.1) is 35.5 Å². The van der Waals surface area contributed by atoms with Crippen LogP contribution in [-0.2, 0) is 51.9 Å². The predicted octanol–water partition coefficient (Wildman–Crippen LogP) is 1.73. The van der Waals surface area contributed by atoms with Crippen molar-refractivity contribution in [2.75, 3.05) is 13.2 Å². The molecule has 4 fully saturated rings. The van der Waals surface area contributed by atoms with Gasteiger partial charge in [-0.2, -0.15) is 17.6 Å². The van der Waals surface area contributed by atoms with Crippen molar-refractivity contribution >= 4 is 44.8 Å². The molecule has 0 saturated heterocycles. The number of halogens is 6. The second kappa shape index (κ2) is 18.8. The molecule has 0 aliphatic heterocycles. The SMILES string of the molecule is O=C(CC1CC2CCC1C2)OCC(F)C(F)(F)S(=O)(=O)[O-].O=C(CC1CC2CCC1C2)OCC(F)C(F)(F)S(=O)(=O)[O-].[Na+].[SH2+]c1ccccc1. The Hall–Kier alpha value is -1.09. The molecular formula is C30H39F6NaO10S3. The second-order valence-corrected chi connectivity index (χ2v) is 16.5. The van der Waals surface area contributed by atoms with Crippen LogP contribution in [0.15, 0.2) is 35.2 Å². The van der Waals surface area contributed by atoms with E-state index in [1.54, 1.807) is 0 Å². The van der Waals surface area contributed by atoms with Gasteiger partial charge in [-0.3, -0.25) is 9.59 Å². The van der Waals surface area contributed by atoms with Gasteiger partial charge >= 0.3 is 52.0 Å². The fourth-order valence-corrected chi connectivity index (χ4v) is 8.03. The number of carbonyl (C=O) groups excluding carboxylic acids is 2. The maximum Gasteiger partial charge on any atom is 1.00 e. The van der Waals surface area contributed by atoms with E-state index in [1.165, 1.54) is 0 Å². The molecule has 0 amide bonds. The third kappa shape index (κ3) is 12.5. The number of benzene rings is 1. The normalized spacial score (nSPS) is 26.7. The number of rotatable bonds is 12. The number of alkyl halides is 6. The zero-order chi connectivity index (χ0) is 36.8. The zero-order valence-electron chi connectivity index (χ0n) is 27.2. The van der Waals surface area contributed by atoms with Crippen LogP contribution in [0.5, 0.6) is 0 Å². The molecule has 0 spiro atoms. The first-order valence-electron chi connectivity index (χ1n) is 15.6. The molecule has 8 atom stereocenters. The van der Waals surface area contributed by atoms with Crippen LogP contribution in [0.1, 0.15) is 64.2 Å². The number of carbonyl (C=O) groups is 2. The topological polar surface area (TPSA) is 167 Å². The Morgan fingerprint density at radius 2 is 1.08 bits per heavy atom. The van der Waals surface area contributed by atoms with Gasteiger partial charge in [0.1, 0.15) is 18.1 Å². The standard InChI is InChI=1S/2C12H17F3O5S.C6H6S.Na/c2*13-10(12(14,15)21(17,18)19)6-20-11(16)5-9-4-7-1-2-8(9)3-7;7-6-4-2-1-3-5-6;/h2*7-10H,1-6H2,(H,17,18,19);1-5,7H;/q;;;+1/p-1. The van der Waals surface area contributed by atoms with Crippen molar-refractivity contribution in [3.05, 3.63) is 30.3 Å². The van der Waals surface area contributed by atoms with Gasteiger partial charge in [-0.1, -0.05) is 31.0 Å². The molecule has 4 saturated carbocycles. The first-order chi connectivity index (χ1) is 22.6. The molecule has 4 bridgehead atoms. The summed E-state index contributed by atoms with van der Waals surface area (Å²) >= 11 is 3.36. The van der Waals surface area contributed by atoms with E-state index >= 15 is 0 Å². The summed E-state index contributed by atoms with van der Waals surface area (Å²) in [7, 11) is -12.3. The number of hydrogen-bond acceptors (Lipinski definition) is 10. The maximum absolute atomic E-state index is 13.1. The summed E-state index contributed by atoms with van der Waals surface area (Å²) in [5.74, 6) is 0.604. The van der Waals surface area contributed by atoms with Crippen molar-refractivity contribution in [2.45, 2.75) is 92.0 Å². The van der Waals surface area contributed by atoms with E-state index in [4.69, 9.17) is 0 Å². The minimum atomic E-state index is -6.13. The maximum atomic E-state index is 13.1. The molecule has 0 heterocycles. The Morgan fingerprint density at radius 1 is 0.720 bits per heavy atom. The zero-order valence-corrected chi connectivity index (χ0v) is 31.8. The van der Waals surface area contributed by atoms with Gasteiger partial charge in [0.2, 0.25) is 12.3 Å². The molecule has 0 aromatic heterocycles. The third-order valence-corrected chi connectivity index (χ3v) is 11.8. The van der Waals surface area contributed by atoms with E-state index in [-0.39, 0.29) is 54.2 Å². The average Bonchev–Trinajstić information content (AvgIpc) is 3.82. The fraction of sp³-hybridized carbons (Fsp3) is 0.733. The number of fused-ring (bicyclic) bond motifs is 4. The quantitative estimate of drug-likeness (QED) is 0.100. The summed E-state index contributed by atoms with van der Waals surface area (Å²) in [5.41, 5.74) is 0. The molecular weight excluding hydrogens is 753 g/mol. The van der Waals surface area contributed by atoms with Gasteiger partial charge in [0.15, 0.2) is 20.2 Å². The molecule has 0 radical (unpaired) electrons. The van der Waals surface area contributed by atoms with Crippen molar-refractivity contribution < 1.29 is 101 Å². The third-order valence-electron chi connectivity index (χ3n) is 9.58. The molecule has 1 aromatic rings. The van der Waals surface area contributed by atoms with Gasteiger partial charge in [0.25, 0.3) is 0 Å². The number of hydrogen-bond donors (Lipinski definition) is 0. The van der Waals surface area contributed by atoms with Crippen LogP contribution in [-0.4, -0.2) is 73.9 Å². The van der Waals surface area contributed by atoms with Crippen molar-refractivity contribution in [2.24, 2.45) is 35.5 Å². The largest absolute Gasteiger partial charge is 1.00 e. The minimum absolute atomic E-state index is 0. The summed E-state index contributed by atoms with van der Waals surface area (Å²) in [6, 6.07) is 9.96. The van der Waals surface area contributed by atoms with E-state index in [0.29, 0.717) is 23.7 Å². The van der Waals surface area contributed by atoms with Gasteiger partial charge in [0, 0.05) is 12.8 Å². The minimum Gasteiger partial charge on any atom is -0.743 e. The summed E-state index contributed by atoms with van der Waals surface area (Å²) in [6.07, 6.45) is 1.51. The van der Waals surface area contributed by atoms with Gasteiger partial charge in [-0.15, -0.1) is 0 Å². The molecule has 1 aromatic carbocycles. The summed E-state index contributed by atoms with van der Waals surface area (Å²) < 4.78 is 148. The number of esters is 2. The van der Waals surface area contributed by atoms with Crippen LogP contribution in [0.2, 0.25) is 0 Å². The fourth-order valence-electron chi connectivity index (χ4n) is 7.08. The number of ether oxygens (including phenoxy) is 2. The molecule has 0 N–H and O–H groups in total. The Kier molecular flexibility index (Phi) is 16.9. The Labute approximate surface area is 315 Å². The molecule has 8 unspecified atom stereocenters. The van der Waals surface area contributed by atoms with Crippen LogP contribution in [0.3, 0.4) is 0 Å². The smallest absolute Gasteiger partial charge is 0.743 e. The average molecular weight is 793 g/mol. The summed E-state index contributed by atoms with van der Waals surface area (Å²) in [6.45, 7) is -2.87. The molecule has 280 valence electrons. The van der Waals surface area contributed by atoms with Crippen molar-refractivity contribution in [3.8, 4) is 0 Å². The molecule has 4 aliphatic carbocycles. The molecule has 50 heavy (non-hydrogen) atoms. The Morgan fingerprint density at radius 3 is 1.32 bits per heavy atom. The Bertz CT molecular complexity index is 1400. The summed E-state index contributed by atoms with van der Waals surface area (Å²) in [4.78, 5) is 24.1. The van der Waals surface area contributed by atoms with Crippen LogP contribution < -0.4 is 29.6 Å². The van der Waals surface area contributed by atoms with Crippen molar-refractivity contribution in [1.82, 2.24) is 0 Å². The molecule has 20 heteroatoms. The van der Waals surface area contributed by atoms with E-state index in [9.17, 15) is 61.9 Å². The molecule has 10 nitrogen and oxygen atoms in total. The van der Waals surface area contributed by atoms with Crippen LogP contribution in [0.25, 0.3) is 0 Å². The van der Waals surface area contributed by atoms with Gasteiger partial charge in [0.05, 0.1) is 0 Å². The van der Waals surface area contributed by atoms with E-state index in [1.807, 2.05) is 30.3 Å². The van der Waals surface area contributed by atoms with Crippen molar-refractivity contribution in [1.29, 1.82) is 0 Å². The van der Waals surface area contributed by atoms with Gasteiger partial charge in [-0.25, -0.2) is 25.6 Å². The van der Waals surface area contributed by atoms with Crippen molar-refractivity contribution in [3.63, 3.8) is 0 Å². The first-order valence-corrected chi connectivity index (χ1v) is 19.0. The monoisotopic (exact) mass is 792 g/mol. The predicted molar refractivity (Wildman–Crippen MR) is 163 cm³/mol. The van der Waals surface area contributed by atoms with E-state index in [0.717, 1.165) is 56.3 Å².